The number of amides is 1. The number of carbonyl (C=O) groups is 1. The lowest BCUT2D eigenvalue weighted by Crippen LogP contribution is -2.64. The van der Waals surface area contributed by atoms with Gasteiger partial charge in [0, 0.05) is 31.9 Å². The van der Waals surface area contributed by atoms with Gasteiger partial charge in [0.15, 0.2) is 12.5 Å². The Morgan fingerprint density at radius 3 is 2.23 bits per heavy atom. The molecule has 0 bridgehead atoms. The van der Waals surface area contributed by atoms with Gasteiger partial charge in [0.2, 0.25) is 5.91 Å². The van der Waals surface area contributed by atoms with E-state index in [1.165, 1.54) is 0 Å². The van der Waals surface area contributed by atoms with Crippen LogP contribution in [0.2, 0.25) is 0 Å². The normalized spacial score (nSPS) is 31.6. The fourth-order valence-corrected chi connectivity index (χ4v) is 6.60. The second-order valence-corrected chi connectivity index (χ2v) is 13.3. The van der Waals surface area contributed by atoms with E-state index < -0.39 is 101 Å². The van der Waals surface area contributed by atoms with Crippen LogP contribution in [0.5, 0.6) is 0 Å². The van der Waals surface area contributed by atoms with Crippen LogP contribution in [0.15, 0.2) is 21.9 Å². The van der Waals surface area contributed by atoms with Crippen molar-refractivity contribution in [3.05, 3.63) is 33.1 Å². The van der Waals surface area contributed by atoms with E-state index in [1.54, 1.807) is 0 Å². The number of phosphoric ester groups is 2. The van der Waals surface area contributed by atoms with E-state index in [0.717, 1.165) is 16.8 Å². The predicted octanol–water partition coefficient (Wildman–Crippen LogP) is -4.86. The molecule has 1 aromatic rings. The summed E-state index contributed by atoms with van der Waals surface area (Å²) in [6.07, 6.45) is -13.3. The number of aromatic nitrogens is 2. The predicted molar refractivity (Wildman–Crippen MR) is 153 cm³/mol. The Morgan fingerprint density at radius 2 is 1.58 bits per heavy atom. The number of aromatic amines is 1. The molecular weight excluding hydrogens is 700 g/mol. The van der Waals surface area contributed by atoms with Crippen LogP contribution < -0.4 is 16.6 Å². The number of phosphoric acid groups is 2. The molecule has 10 N–H and O–H groups in total. The van der Waals surface area contributed by atoms with Crippen molar-refractivity contribution in [1.29, 1.82) is 0 Å². The number of aliphatic hydroxyl groups is 6. The molecule has 3 rings (SSSR count). The molecule has 2 fully saturated rings. The summed E-state index contributed by atoms with van der Waals surface area (Å²) in [6.45, 7) is -1.59. The first-order valence-electron chi connectivity index (χ1n) is 14.3. The molecule has 0 aliphatic carbocycles. The van der Waals surface area contributed by atoms with Crippen LogP contribution in [-0.4, -0.2) is 151 Å². The third-order valence-electron chi connectivity index (χ3n) is 6.81. The molecular formula is C23H39N3O20P2. The molecule has 0 aromatic carbocycles. The summed E-state index contributed by atoms with van der Waals surface area (Å²) in [5, 5.41) is 61.7. The zero-order valence-electron chi connectivity index (χ0n) is 25.0. The molecule has 25 heteroatoms. The van der Waals surface area contributed by atoms with Gasteiger partial charge in [0.25, 0.3) is 5.56 Å². The molecule has 3 heterocycles. The molecule has 2 saturated heterocycles. The van der Waals surface area contributed by atoms with Gasteiger partial charge in [0.05, 0.1) is 33.0 Å². The maximum Gasteiger partial charge on any atom is 0.483 e. The van der Waals surface area contributed by atoms with Gasteiger partial charge in [-0.2, -0.15) is 4.31 Å². The number of H-pyrrole nitrogens is 1. The van der Waals surface area contributed by atoms with Gasteiger partial charge in [-0.3, -0.25) is 28.2 Å². The van der Waals surface area contributed by atoms with Crippen molar-refractivity contribution in [2.75, 3.05) is 46.2 Å². The average Bonchev–Trinajstić information content (AvgIpc) is 3.29. The van der Waals surface area contributed by atoms with Gasteiger partial charge in [-0.15, -0.1) is 0 Å². The van der Waals surface area contributed by atoms with E-state index in [0.29, 0.717) is 13.0 Å². The molecule has 1 amide bonds. The summed E-state index contributed by atoms with van der Waals surface area (Å²) < 4.78 is 60.5. The molecule has 8 unspecified atom stereocenters. The number of aliphatic hydroxyl groups excluding tert-OH is 6. The lowest BCUT2D eigenvalue weighted by atomic mass is 9.97. The summed E-state index contributed by atoms with van der Waals surface area (Å²) in [5.41, 5.74) is -1.78. The highest BCUT2D eigenvalue weighted by atomic mass is 31.3. The standard InChI is InChI=1S/C23H39N3O20P2/c27-5-1-6-40-8-9-41-7-3-15(30)24-16-19(33)17(31)12(10-28)44-22(16)45-48(38,39)46-47(36,37)42-11-13-18(32)20(34)21(43-13)26-4-2-14(29)25-23(26)35/h2,4,12-13,16-22,27-28,31-34H,1,3,5-11H2,(H,24,30)(H,36,37)(H,38,39)(H,25,29,35)/t12?,13?,16?,17-,18?,19+,20?,21?,22+/m0/s1. The maximum absolute atomic E-state index is 12.7. The molecule has 2 aliphatic heterocycles. The van der Waals surface area contributed by atoms with Gasteiger partial charge in [-0.1, -0.05) is 0 Å². The van der Waals surface area contributed by atoms with Crippen LogP contribution in [0.4, 0.5) is 0 Å². The zero-order chi connectivity index (χ0) is 35.6. The van der Waals surface area contributed by atoms with Crippen LogP contribution >= 0.6 is 15.6 Å². The SMILES string of the molecule is O=C(CCOCCOCCCO)NC1[C@@H](OP(=O)(O)OP(=O)(O)OCC2OC(n3ccc(=O)[nH]c3=O)C(O)C2O)OC(CO)[C@H](O)[C@@H]1O. The van der Waals surface area contributed by atoms with E-state index in [-0.39, 0.29) is 32.8 Å². The number of carbonyl (C=O) groups excluding carboxylic acids is 1. The van der Waals surface area contributed by atoms with Crippen LogP contribution in [0.3, 0.4) is 0 Å². The first kappa shape index (κ1) is 40.4. The summed E-state index contributed by atoms with van der Waals surface area (Å²) in [4.78, 5) is 58.0. The Labute approximate surface area is 270 Å². The average molecular weight is 740 g/mol. The Bertz CT molecular complexity index is 1390. The minimum atomic E-state index is -5.72. The van der Waals surface area contributed by atoms with Crippen molar-refractivity contribution in [2.45, 2.75) is 68.0 Å². The highest BCUT2D eigenvalue weighted by Crippen LogP contribution is 2.61. The van der Waals surface area contributed by atoms with Gasteiger partial charge in [-0.25, -0.2) is 13.9 Å². The lowest BCUT2D eigenvalue weighted by molar-refractivity contribution is -0.248. The molecule has 1 aromatic heterocycles. The fraction of sp³-hybridized carbons (Fsp3) is 0.783. The lowest BCUT2D eigenvalue weighted by Gasteiger charge is -2.42. The molecule has 2 aliphatic rings. The van der Waals surface area contributed by atoms with Crippen LogP contribution in [0, 0.1) is 0 Å². The monoisotopic (exact) mass is 739 g/mol. The molecule has 48 heavy (non-hydrogen) atoms. The van der Waals surface area contributed by atoms with Gasteiger partial charge < -0.3 is 64.7 Å². The maximum atomic E-state index is 12.7. The molecule has 276 valence electrons. The van der Waals surface area contributed by atoms with Crippen molar-refractivity contribution < 1.29 is 86.7 Å². The number of hydrogen-bond acceptors (Lipinski definition) is 18. The summed E-state index contributed by atoms with van der Waals surface area (Å²) >= 11 is 0. The third kappa shape index (κ3) is 11.5. The fourth-order valence-electron chi connectivity index (χ4n) is 4.43. The molecule has 0 radical (unpaired) electrons. The highest BCUT2D eigenvalue weighted by Gasteiger charge is 2.50. The summed E-state index contributed by atoms with van der Waals surface area (Å²) in [7, 11) is -11.3. The second-order valence-electron chi connectivity index (χ2n) is 10.3. The quantitative estimate of drug-likeness (QED) is 0.0469. The van der Waals surface area contributed by atoms with Crippen LogP contribution in [-0.2, 0) is 46.2 Å². The molecule has 11 atom stereocenters. The van der Waals surface area contributed by atoms with Crippen LogP contribution in [0.1, 0.15) is 19.1 Å². The van der Waals surface area contributed by atoms with E-state index in [9.17, 15) is 58.8 Å². The Hall–Kier alpha value is -1.99. The Balaban J connectivity index is 1.58. The zero-order valence-corrected chi connectivity index (χ0v) is 26.8. The third-order valence-corrected chi connectivity index (χ3v) is 9.41. The van der Waals surface area contributed by atoms with E-state index in [4.69, 9.17) is 28.6 Å². The first-order chi connectivity index (χ1) is 22.6. The Morgan fingerprint density at radius 1 is 0.917 bits per heavy atom. The smallest absolute Gasteiger partial charge is 0.396 e. The van der Waals surface area contributed by atoms with Gasteiger partial charge >= 0.3 is 21.3 Å². The topological polar surface area (TPSA) is 345 Å². The molecule has 0 spiro atoms. The van der Waals surface area contributed by atoms with Crippen molar-refractivity contribution in [3.63, 3.8) is 0 Å². The Kier molecular flexibility index (Phi) is 15.4. The van der Waals surface area contributed by atoms with E-state index in [2.05, 4.69) is 14.2 Å². The highest BCUT2D eigenvalue weighted by molar-refractivity contribution is 7.61. The first-order valence-corrected chi connectivity index (χ1v) is 17.3. The molecule has 0 saturated carbocycles. The number of nitrogens with zero attached hydrogens (tertiary/aromatic N) is 1. The summed E-state index contributed by atoms with van der Waals surface area (Å²) in [6, 6.07) is -0.872. The largest absolute Gasteiger partial charge is 0.483 e. The molecule has 23 nitrogen and oxygen atoms in total. The van der Waals surface area contributed by atoms with E-state index >= 15 is 0 Å². The summed E-state index contributed by atoms with van der Waals surface area (Å²) in [5.74, 6) is -0.823. The van der Waals surface area contributed by atoms with Crippen molar-refractivity contribution >= 4 is 21.6 Å². The number of nitrogens with one attached hydrogen (secondary N) is 2. The minimum absolute atomic E-state index is 0.0408. The number of rotatable bonds is 19. The minimum Gasteiger partial charge on any atom is -0.396 e. The van der Waals surface area contributed by atoms with Crippen molar-refractivity contribution in [2.24, 2.45) is 0 Å². The number of hydrogen-bond donors (Lipinski definition) is 10. The van der Waals surface area contributed by atoms with Crippen LogP contribution in [0.25, 0.3) is 0 Å². The van der Waals surface area contributed by atoms with Gasteiger partial charge in [0.1, 0.15) is 42.7 Å². The van der Waals surface area contributed by atoms with Crippen molar-refractivity contribution in [3.8, 4) is 0 Å². The van der Waals surface area contributed by atoms with E-state index in [1.807, 2.05) is 4.98 Å². The van der Waals surface area contributed by atoms with Crippen molar-refractivity contribution in [1.82, 2.24) is 14.9 Å². The second kappa shape index (κ2) is 18.3. The number of ether oxygens (including phenoxy) is 4. The van der Waals surface area contributed by atoms with Gasteiger partial charge in [-0.05, 0) is 6.42 Å².